The van der Waals surface area contributed by atoms with Crippen molar-refractivity contribution in [3.05, 3.63) is 38.8 Å². The Kier molecular flexibility index (Phi) is 4.33. The van der Waals surface area contributed by atoms with Gasteiger partial charge in [-0.3, -0.25) is 9.79 Å². The molecule has 0 N–H and O–H groups in total. The maximum absolute atomic E-state index is 12.2. The van der Waals surface area contributed by atoms with Crippen LogP contribution in [0.2, 0.25) is 0 Å². The molecule has 2 aromatic rings. The summed E-state index contributed by atoms with van der Waals surface area (Å²) in [4.78, 5) is 27.5. The number of hydrogen-bond donors (Lipinski definition) is 0. The number of aryl methyl sites for hydroxylation is 2. The lowest BCUT2D eigenvalue weighted by atomic mass is 10.1. The molecule has 1 saturated heterocycles. The van der Waals surface area contributed by atoms with Crippen molar-refractivity contribution in [2.45, 2.75) is 25.8 Å². The SMILES string of the molecule is Cc1csc(C=NC2CCCN(c3nccn(C)c3=O)C2)n1. The molecule has 116 valence electrons. The number of aromatic nitrogens is 3. The predicted molar refractivity (Wildman–Crippen MR) is 89.2 cm³/mol. The highest BCUT2D eigenvalue weighted by atomic mass is 32.1. The van der Waals surface area contributed by atoms with Crippen molar-refractivity contribution < 1.29 is 0 Å². The smallest absolute Gasteiger partial charge is 0.293 e. The highest BCUT2D eigenvalue weighted by Gasteiger charge is 2.22. The van der Waals surface area contributed by atoms with E-state index in [9.17, 15) is 4.79 Å². The zero-order valence-corrected chi connectivity index (χ0v) is 13.6. The van der Waals surface area contributed by atoms with Gasteiger partial charge in [-0.15, -0.1) is 11.3 Å². The third kappa shape index (κ3) is 3.24. The van der Waals surface area contributed by atoms with Crippen LogP contribution in [0.1, 0.15) is 23.5 Å². The van der Waals surface area contributed by atoms with Gasteiger partial charge in [0.1, 0.15) is 5.01 Å². The van der Waals surface area contributed by atoms with Crippen LogP contribution in [0.5, 0.6) is 0 Å². The van der Waals surface area contributed by atoms with Crippen molar-refractivity contribution in [3.63, 3.8) is 0 Å². The number of thiazole rings is 1. The van der Waals surface area contributed by atoms with E-state index in [0.717, 1.165) is 36.6 Å². The van der Waals surface area contributed by atoms with Crippen molar-refractivity contribution in [1.29, 1.82) is 0 Å². The Morgan fingerprint density at radius 2 is 2.36 bits per heavy atom. The number of rotatable bonds is 3. The van der Waals surface area contributed by atoms with Crippen LogP contribution >= 0.6 is 11.3 Å². The van der Waals surface area contributed by atoms with E-state index in [0.29, 0.717) is 5.82 Å². The number of piperidine rings is 1. The van der Waals surface area contributed by atoms with Gasteiger partial charge in [0.15, 0.2) is 5.82 Å². The van der Waals surface area contributed by atoms with Gasteiger partial charge in [-0.1, -0.05) is 0 Å². The fourth-order valence-corrected chi connectivity index (χ4v) is 3.23. The predicted octanol–water partition coefficient (Wildman–Crippen LogP) is 1.63. The first kappa shape index (κ1) is 14.9. The summed E-state index contributed by atoms with van der Waals surface area (Å²) in [5.41, 5.74) is 0.969. The van der Waals surface area contributed by atoms with E-state index in [1.165, 1.54) is 0 Å². The molecule has 3 heterocycles. The van der Waals surface area contributed by atoms with Crippen molar-refractivity contribution >= 4 is 23.4 Å². The number of nitrogens with zero attached hydrogens (tertiary/aromatic N) is 5. The summed E-state index contributed by atoms with van der Waals surface area (Å²) in [6, 6.07) is 0.185. The molecule has 0 amide bonds. The van der Waals surface area contributed by atoms with Gasteiger partial charge in [-0.25, -0.2) is 9.97 Å². The van der Waals surface area contributed by atoms with Gasteiger partial charge in [-0.2, -0.15) is 0 Å². The summed E-state index contributed by atoms with van der Waals surface area (Å²) in [5.74, 6) is 0.523. The van der Waals surface area contributed by atoms with Crippen LogP contribution in [-0.4, -0.2) is 39.9 Å². The summed E-state index contributed by atoms with van der Waals surface area (Å²) in [6.07, 6.45) is 7.24. The Balaban J connectivity index is 1.73. The number of aliphatic imine (C=N–C) groups is 1. The highest BCUT2D eigenvalue weighted by molar-refractivity contribution is 7.11. The highest BCUT2D eigenvalue weighted by Crippen LogP contribution is 2.17. The van der Waals surface area contributed by atoms with Crippen molar-refractivity contribution in [1.82, 2.24) is 14.5 Å². The Hall–Kier alpha value is -2.02. The average molecular weight is 317 g/mol. The zero-order chi connectivity index (χ0) is 15.5. The molecule has 7 heteroatoms. The van der Waals surface area contributed by atoms with E-state index in [1.807, 2.05) is 23.4 Å². The Labute approximate surface area is 133 Å². The van der Waals surface area contributed by atoms with Crippen LogP contribution < -0.4 is 10.5 Å². The van der Waals surface area contributed by atoms with Crippen molar-refractivity contribution in [2.75, 3.05) is 18.0 Å². The molecule has 1 aliphatic rings. The van der Waals surface area contributed by atoms with Crippen molar-refractivity contribution in [2.24, 2.45) is 12.0 Å². The van der Waals surface area contributed by atoms with Crippen molar-refractivity contribution in [3.8, 4) is 0 Å². The summed E-state index contributed by atoms with van der Waals surface area (Å²) in [6.45, 7) is 3.56. The molecule has 1 fully saturated rings. The van der Waals surface area contributed by atoms with Crippen LogP contribution in [0, 0.1) is 6.92 Å². The fraction of sp³-hybridized carbons (Fsp3) is 0.467. The van der Waals surface area contributed by atoms with E-state index < -0.39 is 0 Å². The normalized spacial score (nSPS) is 19.0. The molecule has 22 heavy (non-hydrogen) atoms. The molecule has 1 unspecified atom stereocenters. The maximum Gasteiger partial charge on any atom is 0.293 e. The molecule has 0 aromatic carbocycles. The minimum atomic E-state index is -0.0531. The largest absolute Gasteiger partial charge is 0.350 e. The van der Waals surface area contributed by atoms with E-state index in [1.54, 1.807) is 35.3 Å². The molecule has 2 aromatic heterocycles. The van der Waals surface area contributed by atoms with Gasteiger partial charge >= 0.3 is 0 Å². The Morgan fingerprint density at radius 1 is 1.50 bits per heavy atom. The molecule has 0 radical (unpaired) electrons. The van der Waals surface area contributed by atoms with E-state index in [4.69, 9.17) is 0 Å². The van der Waals surface area contributed by atoms with Gasteiger partial charge in [0.25, 0.3) is 5.56 Å². The van der Waals surface area contributed by atoms with E-state index >= 15 is 0 Å². The van der Waals surface area contributed by atoms with Gasteiger partial charge in [-0.05, 0) is 19.8 Å². The van der Waals surface area contributed by atoms with Gasteiger partial charge in [0.2, 0.25) is 0 Å². The summed E-state index contributed by atoms with van der Waals surface area (Å²) in [7, 11) is 1.75. The molecule has 1 atom stereocenters. The third-order valence-corrected chi connectivity index (χ3v) is 4.62. The lowest BCUT2D eigenvalue weighted by molar-refractivity contribution is 0.504. The van der Waals surface area contributed by atoms with Gasteiger partial charge in [0, 0.05) is 43.6 Å². The monoisotopic (exact) mass is 317 g/mol. The second kappa shape index (κ2) is 6.39. The molecule has 0 saturated carbocycles. The van der Waals surface area contributed by atoms with Crippen LogP contribution in [0.3, 0.4) is 0 Å². The number of hydrogen-bond acceptors (Lipinski definition) is 6. The molecule has 3 rings (SSSR count). The molecule has 0 bridgehead atoms. The first-order valence-electron chi connectivity index (χ1n) is 7.35. The summed E-state index contributed by atoms with van der Waals surface area (Å²) in [5, 5.41) is 2.95. The lowest BCUT2D eigenvalue weighted by Crippen LogP contribution is -2.41. The first-order chi connectivity index (χ1) is 10.6. The van der Waals surface area contributed by atoms with E-state index in [-0.39, 0.29) is 11.6 Å². The van der Waals surface area contributed by atoms with Crippen LogP contribution in [0.15, 0.2) is 27.6 Å². The number of anilines is 1. The standard InChI is InChI=1S/C15H19N5OS/c1-11-10-22-13(18-11)8-17-12-4-3-6-20(9-12)14-15(21)19(2)7-5-16-14/h5,7-8,10,12H,3-4,6,9H2,1-2H3. The lowest BCUT2D eigenvalue weighted by Gasteiger charge is -2.31. The second-order valence-corrected chi connectivity index (χ2v) is 6.40. The minimum Gasteiger partial charge on any atom is -0.350 e. The zero-order valence-electron chi connectivity index (χ0n) is 12.8. The molecule has 1 aliphatic heterocycles. The average Bonchev–Trinajstić information content (AvgIpc) is 2.94. The van der Waals surface area contributed by atoms with Crippen LogP contribution in [0.4, 0.5) is 5.82 Å². The van der Waals surface area contributed by atoms with Gasteiger partial charge < -0.3 is 9.47 Å². The van der Waals surface area contributed by atoms with Crippen LogP contribution in [-0.2, 0) is 7.05 Å². The topological polar surface area (TPSA) is 63.4 Å². The quantitative estimate of drug-likeness (QED) is 0.807. The third-order valence-electron chi connectivity index (χ3n) is 3.73. The van der Waals surface area contributed by atoms with Gasteiger partial charge in [0.05, 0.1) is 12.3 Å². The van der Waals surface area contributed by atoms with Crippen LogP contribution in [0.25, 0.3) is 0 Å². The molecule has 0 spiro atoms. The molecular formula is C15H19N5OS. The fourth-order valence-electron chi connectivity index (χ4n) is 2.57. The minimum absolute atomic E-state index is 0.0531. The van der Waals surface area contributed by atoms with E-state index in [2.05, 4.69) is 15.0 Å². The molecule has 0 aliphatic carbocycles. The Morgan fingerprint density at radius 3 is 3.14 bits per heavy atom. The summed E-state index contributed by atoms with van der Waals surface area (Å²) < 4.78 is 1.56. The second-order valence-electron chi connectivity index (χ2n) is 5.51. The molecule has 6 nitrogen and oxygen atoms in total. The summed E-state index contributed by atoms with van der Waals surface area (Å²) >= 11 is 1.60. The molecular weight excluding hydrogens is 298 g/mol. The Bertz CT molecular complexity index is 736. The maximum atomic E-state index is 12.2. The first-order valence-corrected chi connectivity index (χ1v) is 8.23.